The van der Waals surface area contributed by atoms with Gasteiger partial charge in [-0.25, -0.2) is 4.70 Å². The van der Waals surface area contributed by atoms with Crippen LogP contribution in [0.15, 0.2) is 72.3 Å². The summed E-state index contributed by atoms with van der Waals surface area (Å²) in [5, 5.41) is 0. The van der Waals surface area contributed by atoms with Crippen LogP contribution in [0.5, 0.6) is 0 Å². The summed E-state index contributed by atoms with van der Waals surface area (Å²) in [5.74, 6) is 0. The fourth-order valence-corrected chi connectivity index (χ4v) is 10.3. The number of rotatable bonds is 37. The molecule has 0 aliphatic carbocycles. The molecule has 1 aliphatic rings. The quantitative estimate of drug-likeness (QED) is 0.0279. The summed E-state index contributed by atoms with van der Waals surface area (Å²) in [6.45, 7) is 11.1. The van der Waals surface area contributed by atoms with E-state index in [0.29, 0.717) is 0 Å². The molecule has 0 atom stereocenters. The van der Waals surface area contributed by atoms with Gasteiger partial charge in [0.05, 0.1) is 0 Å². The van der Waals surface area contributed by atoms with Crippen LogP contribution < -0.4 is 0 Å². The van der Waals surface area contributed by atoms with E-state index in [-0.39, 0.29) is 0 Å². The van der Waals surface area contributed by atoms with Crippen molar-refractivity contribution in [3.8, 4) is 0 Å². The van der Waals surface area contributed by atoms with Crippen molar-refractivity contribution in [2.75, 3.05) is 0 Å². The van der Waals surface area contributed by atoms with Gasteiger partial charge in [0, 0.05) is 22.8 Å². The van der Waals surface area contributed by atoms with Gasteiger partial charge in [0.15, 0.2) is 0 Å². The molecule has 0 radical (unpaired) electrons. The third-order valence-electron chi connectivity index (χ3n) is 12.1. The number of benzene rings is 2. The van der Waals surface area contributed by atoms with Crippen molar-refractivity contribution >= 4 is 11.4 Å². The average Bonchev–Trinajstić information content (AvgIpc) is 3.60. The van der Waals surface area contributed by atoms with E-state index in [0.717, 1.165) is 79.0 Å². The van der Waals surface area contributed by atoms with Crippen LogP contribution in [0.4, 0.5) is 0 Å². The number of allylic oxidation sites excluding steroid dienone is 4. The molecule has 60 heavy (non-hydrogen) atoms. The van der Waals surface area contributed by atoms with E-state index >= 15 is 0 Å². The number of aryl methyl sites for hydroxylation is 2. The van der Waals surface area contributed by atoms with Crippen molar-refractivity contribution in [2.45, 2.75) is 250 Å². The molecule has 3 rings (SSSR count). The van der Waals surface area contributed by atoms with Crippen molar-refractivity contribution in [1.82, 2.24) is 0 Å². The molecule has 2 aromatic carbocycles. The molecule has 0 N–H and O–H groups in total. The van der Waals surface area contributed by atoms with Gasteiger partial charge >= 0.3 is 169 Å². The van der Waals surface area contributed by atoms with Crippen LogP contribution >= 0.6 is 0 Å². The monoisotopic (exact) mass is 913 g/mol. The first-order chi connectivity index (χ1) is 29.6. The van der Waals surface area contributed by atoms with Crippen molar-refractivity contribution in [3.63, 3.8) is 0 Å². The van der Waals surface area contributed by atoms with Gasteiger partial charge < -0.3 is 5.53 Å². The zero-order chi connectivity index (χ0) is 43.1. The maximum absolute atomic E-state index is 11.4. The minimum atomic E-state index is 0.891. The zero-order valence-corrected chi connectivity index (χ0v) is 41.7. The van der Waals surface area contributed by atoms with Crippen molar-refractivity contribution < 1.29 is 22.7 Å². The number of nitrogens with zero attached hydrogens (tertiary/aromatic N) is 2. The molecule has 0 saturated carbocycles. The molecule has 0 amide bonds. The summed E-state index contributed by atoms with van der Waals surface area (Å²) in [5.41, 5.74) is 19.3. The Morgan fingerprint density at radius 2 is 1.00 bits per heavy atom. The summed E-state index contributed by atoms with van der Waals surface area (Å²) >= 11 is 1.06. The summed E-state index contributed by atoms with van der Waals surface area (Å²) < 4.78 is 1.44. The Morgan fingerprint density at radius 3 is 1.52 bits per heavy atom. The second kappa shape index (κ2) is 38.6. The van der Waals surface area contributed by atoms with Gasteiger partial charge in [-0.2, -0.15) is 0 Å². The molecule has 0 aromatic heterocycles. The summed E-state index contributed by atoms with van der Waals surface area (Å²) in [7, 11) is 0. The van der Waals surface area contributed by atoms with Crippen LogP contribution in [-0.4, -0.2) is 4.70 Å². The molecule has 0 unspecified atom stereocenters. The maximum atomic E-state index is 11.4. The Morgan fingerprint density at radius 1 is 0.517 bits per heavy atom. The van der Waals surface area contributed by atoms with Crippen LogP contribution in [0.2, 0.25) is 9.79 Å². The van der Waals surface area contributed by atoms with Gasteiger partial charge in [-0.3, -0.25) is 0 Å². The van der Waals surface area contributed by atoms with Crippen molar-refractivity contribution in [2.24, 2.45) is 0 Å². The third kappa shape index (κ3) is 25.1. The average molecular weight is 914 g/mol. The van der Waals surface area contributed by atoms with Crippen LogP contribution in [0.1, 0.15) is 249 Å². The molecule has 0 spiro atoms. The first-order valence-corrected chi connectivity index (χ1v) is 28.0. The third-order valence-corrected chi connectivity index (χ3v) is 14.3. The van der Waals surface area contributed by atoms with E-state index in [1.54, 1.807) is 9.79 Å². The van der Waals surface area contributed by atoms with Gasteiger partial charge in [0.1, 0.15) is 0 Å². The molecule has 0 fully saturated rings. The summed E-state index contributed by atoms with van der Waals surface area (Å²) in [4.78, 5) is 3.09. The number of unbranched alkanes of at least 4 members (excludes halogenated alkanes) is 24. The van der Waals surface area contributed by atoms with Crippen LogP contribution in [0.25, 0.3) is 16.9 Å². The zero-order valence-electron chi connectivity index (χ0n) is 40.1. The standard InChI is InChI=1S/C29H36N2.2C14H29.Pd/c1-4-7-10-17-24-18-11-12-20-27(24)29-26(16-9-6-3)22-28(31(29)30)25-19-13-15-23(21-25)14-8-5-2;2*1-3-5-7-9-11-13-14-12-10-8-6-4-2;/h4,7,11-13,15,18-22H,5-6,8-10,14,16-17H2,1-3H3;2*1,3-14H2,2H3;. The Bertz CT molecular complexity index is 1410. The molecule has 0 bridgehead atoms. The molecular weight excluding hydrogens is 819 g/mol. The van der Waals surface area contributed by atoms with Crippen LogP contribution in [0, 0.1) is 0 Å². The molecule has 1 heterocycles. The predicted octanol–water partition coefficient (Wildman–Crippen LogP) is 19.8. The molecule has 0 saturated heterocycles. The van der Waals surface area contributed by atoms with E-state index < -0.39 is 0 Å². The van der Waals surface area contributed by atoms with Gasteiger partial charge in [0.2, 0.25) is 11.4 Å². The smallest absolute Gasteiger partial charge is 0.0654 e. The first kappa shape index (κ1) is 54.1. The molecule has 3 heteroatoms. The van der Waals surface area contributed by atoms with E-state index in [9.17, 15) is 5.53 Å². The molecule has 2 nitrogen and oxygen atoms in total. The minimum absolute atomic E-state index is 0.891. The molecule has 1 aliphatic heterocycles. The number of hydrogen-bond acceptors (Lipinski definition) is 0. The SMILES string of the molecule is CC=CCCc1ccccc1C1=C(CCCC)C=C(c2cccc(CCCC)c2)[N+]1=[N-].CCCCCCCCCCCCC[CH2][Pd][CH2]CCCCCCCCCCCCC. The fourth-order valence-electron chi connectivity index (χ4n) is 8.32. The van der Waals surface area contributed by atoms with E-state index in [4.69, 9.17) is 0 Å². The first-order valence-electron chi connectivity index (χ1n) is 25.8. The fraction of sp³-hybridized carbons (Fsp3) is 0.684. The minimum Gasteiger partial charge on any atom is -0.0654 e. The van der Waals surface area contributed by atoms with Gasteiger partial charge in [-0.1, -0.05) is 95.9 Å². The van der Waals surface area contributed by atoms with E-state index in [1.165, 1.54) is 188 Å². The Balaban J connectivity index is 0.000000415. The normalized spacial score (nSPS) is 12.8. The molecule has 342 valence electrons. The molecular formula is C57H94N2Pd. The predicted molar refractivity (Wildman–Crippen MR) is 264 cm³/mol. The van der Waals surface area contributed by atoms with Gasteiger partial charge in [0.25, 0.3) is 0 Å². The Hall–Kier alpha value is -2.08. The second-order valence-electron chi connectivity index (χ2n) is 17.6. The van der Waals surface area contributed by atoms with Gasteiger partial charge in [-0.15, -0.1) is 0 Å². The van der Waals surface area contributed by atoms with E-state index in [2.05, 4.69) is 101 Å². The molecule has 2 aromatic rings. The van der Waals surface area contributed by atoms with Crippen LogP contribution in [0.3, 0.4) is 0 Å². The summed E-state index contributed by atoms with van der Waals surface area (Å²) in [6, 6.07) is 17.2. The van der Waals surface area contributed by atoms with Crippen LogP contribution in [-0.2, 0) is 30.8 Å². The number of hydrogen-bond donors (Lipinski definition) is 0. The van der Waals surface area contributed by atoms with Gasteiger partial charge in [-0.05, 0) is 74.8 Å². The van der Waals surface area contributed by atoms with E-state index in [1.807, 2.05) is 0 Å². The van der Waals surface area contributed by atoms with Crippen molar-refractivity contribution in [1.29, 1.82) is 0 Å². The Kier molecular flexibility index (Phi) is 34.8. The summed E-state index contributed by atoms with van der Waals surface area (Å²) in [6.07, 6.45) is 50.7. The topological polar surface area (TPSA) is 25.3 Å². The van der Waals surface area contributed by atoms with Crippen molar-refractivity contribution in [3.05, 3.63) is 100 Å². The Labute approximate surface area is 382 Å². The second-order valence-corrected chi connectivity index (χ2v) is 20.0.